The van der Waals surface area contributed by atoms with Gasteiger partial charge in [-0.05, 0) is 44.0 Å². The Balaban J connectivity index is 1.66. The zero-order valence-electron chi connectivity index (χ0n) is 12.0. The van der Waals surface area contributed by atoms with Crippen LogP contribution < -0.4 is 0 Å². The van der Waals surface area contributed by atoms with Gasteiger partial charge < -0.3 is 9.52 Å². The van der Waals surface area contributed by atoms with Gasteiger partial charge in [-0.25, -0.2) is 4.98 Å². The van der Waals surface area contributed by atoms with E-state index in [9.17, 15) is 5.11 Å². The minimum atomic E-state index is -0.241. The molecule has 1 aliphatic heterocycles. The Labute approximate surface area is 129 Å². The number of benzene rings is 1. The summed E-state index contributed by atoms with van der Waals surface area (Å²) in [5, 5.41) is 10.3. The molecule has 0 amide bonds. The van der Waals surface area contributed by atoms with Crippen molar-refractivity contribution in [2.75, 3.05) is 13.1 Å². The van der Waals surface area contributed by atoms with Gasteiger partial charge in [0.05, 0.1) is 11.8 Å². The van der Waals surface area contributed by atoms with Crippen molar-refractivity contribution in [1.82, 2.24) is 9.88 Å². The number of aliphatic hydroxyl groups excluding tert-OH is 1. The van der Waals surface area contributed by atoms with E-state index in [1.165, 1.54) is 0 Å². The summed E-state index contributed by atoms with van der Waals surface area (Å²) in [6, 6.07) is 7.49. The maximum atomic E-state index is 9.64. The van der Waals surface area contributed by atoms with Gasteiger partial charge in [0.15, 0.2) is 0 Å². The first-order valence-corrected chi connectivity index (χ1v) is 7.60. The van der Waals surface area contributed by atoms with Gasteiger partial charge in [-0.2, -0.15) is 0 Å². The molecule has 112 valence electrons. The second-order valence-corrected chi connectivity index (χ2v) is 6.12. The van der Waals surface area contributed by atoms with Crippen LogP contribution in [0.1, 0.15) is 19.0 Å². The van der Waals surface area contributed by atoms with Crippen molar-refractivity contribution in [1.29, 1.82) is 0 Å². The Hall–Kier alpha value is -1.36. The summed E-state index contributed by atoms with van der Waals surface area (Å²) in [6.07, 6.45) is 2.50. The van der Waals surface area contributed by atoms with Gasteiger partial charge in [0.25, 0.3) is 0 Å². The van der Waals surface area contributed by atoms with Crippen LogP contribution >= 0.6 is 11.6 Å². The quantitative estimate of drug-likeness (QED) is 0.942. The molecule has 1 saturated heterocycles. The molecule has 21 heavy (non-hydrogen) atoms. The molecule has 2 heterocycles. The third kappa shape index (κ3) is 3.46. The van der Waals surface area contributed by atoms with E-state index in [2.05, 4.69) is 9.88 Å². The van der Waals surface area contributed by atoms with Crippen LogP contribution in [0.15, 0.2) is 34.9 Å². The van der Waals surface area contributed by atoms with Crippen molar-refractivity contribution < 1.29 is 9.52 Å². The van der Waals surface area contributed by atoms with E-state index in [1.807, 2.05) is 31.2 Å². The van der Waals surface area contributed by atoms with Crippen LogP contribution in [-0.4, -0.2) is 34.2 Å². The van der Waals surface area contributed by atoms with Gasteiger partial charge in [0.1, 0.15) is 6.26 Å². The summed E-state index contributed by atoms with van der Waals surface area (Å²) in [5.41, 5.74) is 1.80. The zero-order chi connectivity index (χ0) is 14.8. The lowest BCUT2D eigenvalue weighted by Gasteiger charge is -2.15. The van der Waals surface area contributed by atoms with E-state index in [-0.39, 0.29) is 6.10 Å². The van der Waals surface area contributed by atoms with E-state index >= 15 is 0 Å². The van der Waals surface area contributed by atoms with Crippen LogP contribution in [0.3, 0.4) is 0 Å². The lowest BCUT2D eigenvalue weighted by Crippen LogP contribution is -2.24. The molecule has 1 aromatic carbocycles. The fourth-order valence-corrected chi connectivity index (χ4v) is 2.95. The molecular formula is C16H19ClN2O2. The molecule has 2 unspecified atom stereocenters. The Bertz CT molecular complexity index is 612. The van der Waals surface area contributed by atoms with Crippen LogP contribution in [0.2, 0.25) is 5.02 Å². The second kappa shape index (κ2) is 6.18. The molecule has 0 aliphatic carbocycles. The van der Waals surface area contributed by atoms with Gasteiger partial charge in [-0.15, -0.1) is 0 Å². The number of aliphatic hydroxyl groups is 1. The summed E-state index contributed by atoms with van der Waals surface area (Å²) in [7, 11) is 0. The number of hydrogen-bond acceptors (Lipinski definition) is 4. The maximum absolute atomic E-state index is 9.64. The average Bonchev–Trinajstić information content (AvgIpc) is 3.08. The molecular weight excluding hydrogens is 288 g/mol. The van der Waals surface area contributed by atoms with E-state index in [0.717, 1.165) is 37.3 Å². The van der Waals surface area contributed by atoms with E-state index < -0.39 is 0 Å². The minimum Gasteiger partial charge on any atom is -0.444 e. The summed E-state index contributed by atoms with van der Waals surface area (Å²) in [4.78, 5) is 6.83. The summed E-state index contributed by atoms with van der Waals surface area (Å²) in [6.45, 7) is 4.53. The lowest BCUT2D eigenvalue weighted by atomic mass is 10.0. The van der Waals surface area contributed by atoms with Crippen LogP contribution in [0.25, 0.3) is 11.5 Å². The van der Waals surface area contributed by atoms with Crippen molar-refractivity contribution in [2.45, 2.75) is 26.0 Å². The Morgan fingerprint density at radius 1 is 1.52 bits per heavy atom. The number of aromatic nitrogens is 1. The van der Waals surface area contributed by atoms with Crippen molar-refractivity contribution in [2.24, 2.45) is 5.92 Å². The molecule has 2 atom stereocenters. The number of oxazole rings is 1. The molecule has 4 nitrogen and oxygen atoms in total. The zero-order valence-corrected chi connectivity index (χ0v) is 12.8. The van der Waals surface area contributed by atoms with E-state index in [4.69, 9.17) is 16.0 Å². The highest BCUT2D eigenvalue weighted by Gasteiger charge is 2.26. The fraction of sp³-hybridized carbons (Fsp3) is 0.438. The van der Waals surface area contributed by atoms with E-state index in [0.29, 0.717) is 16.8 Å². The second-order valence-electron chi connectivity index (χ2n) is 5.68. The molecule has 5 heteroatoms. The first-order valence-electron chi connectivity index (χ1n) is 7.22. The standard InChI is InChI=1S/C16H19ClN2O2/c1-11(20)13-5-6-19(8-13)9-15-10-21-16(18-15)12-3-2-4-14(17)7-12/h2-4,7,10-11,13,20H,5-6,8-9H2,1H3. The minimum absolute atomic E-state index is 0.241. The largest absolute Gasteiger partial charge is 0.444 e. The molecule has 1 aliphatic rings. The molecule has 1 N–H and O–H groups in total. The summed E-state index contributed by atoms with van der Waals surface area (Å²) in [5.74, 6) is 0.961. The normalized spacial score (nSPS) is 20.8. The first kappa shape index (κ1) is 14.6. The maximum Gasteiger partial charge on any atom is 0.226 e. The molecule has 2 aromatic rings. The number of halogens is 1. The third-order valence-electron chi connectivity index (χ3n) is 4.00. The molecule has 0 bridgehead atoms. The van der Waals surface area contributed by atoms with Gasteiger partial charge >= 0.3 is 0 Å². The average molecular weight is 307 g/mol. The fourth-order valence-electron chi connectivity index (χ4n) is 2.76. The van der Waals surface area contributed by atoms with Gasteiger partial charge in [-0.3, -0.25) is 4.90 Å². The van der Waals surface area contributed by atoms with Crippen LogP contribution in [0, 0.1) is 5.92 Å². The summed E-state index contributed by atoms with van der Waals surface area (Å²) >= 11 is 5.98. The van der Waals surface area contributed by atoms with Crippen molar-refractivity contribution in [3.63, 3.8) is 0 Å². The monoisotopic (exact) mass is 306 g/mol. The van der Waals surface area contributed by atoms with Crippen LogP contribution in [0.5, 0.6) is 0 Å². The Morgan fingerprint density at radius 3 is 3.10 bits per heavy atom. The number of likely N-dealkylation sites (tertiary alicyclic amines) is 1. The van der Waals surface area contributed by atoms with Crippen molar-refractivity contribution in [3.05, 3.63) is 41.2 Å². The van der Waals surface area contributed by atoms with Crippen molar-refractivity contribution >= 4 is 11.6 Å². The van der Waals surface area contributed by atoms with Crippen molar-refractivity contribution in [3.8, 4) is 11.5 Å². The SMILES string of the molecule is CC(O)C1CCN(Cc2coc(-c3cccc(Cl)c3)n2)C1. The Morgan fingerprint density at radius 2 is 2.38 bits per heavy atom. The predicted molar refractivity (Wildman–Crippen MR) is 82.0 cm³/mol. The van der Waals surface area contributed by atoms with Gasteiger partial charge in [0, 0.05) is 23.7 Å². The lowest BCUT2D eigenvalue weighted by molar-refractivity contribution is 0.127. The highest BCUT2D eigenvalue weighted by molar-refractivity contribution is 6.30. The topological polar surface area (TPSA) is 49.5 Å². The smallest absolute Gasteiger partial charge is 0.226 e. The Kier molecular flexibility index (Phi) is 4.29. The molecule has 0 radical (unpaired) electrons. The molecule has 0 spiro atoms. The van der Waals surface area contributed by atoms with E-state index in [1.54, 1.807) is 6.26 Å². The molecule has 3 rings (SSSR count). The number of hydrogen-bond donors (Lipinski definition) is 1. The highest BCUT2D eigenvalue weighted by Crippen LogP contribution is 2.24. The molecule has 0 saturated carbocycles. The predicted octanol–water partition coefficient (Wildman–Crippen LogP) is 3.20. The molecule has 1 fully saturated rings. The third-order valence-corrected chi connectivity index (χ3v) is 4.24. The first-order chi connectivity index (χ1) is 10.1. The van der Waals surface area contributed by atoms with Gasteiger partial charge in [0.2, 0.25) is 5.89 Å². The highest BCUT2D eigenvalue weighted by atomic mass is 35.5. The van der Waals surface area contributed by atoms with Crippen LogP contribution in [-0.2, 0) is 6.54 Å². The molecule has 1 aromatic heterocycles. The summed E-state index contributed by atoms with van der Waals surface area (Å²) < 4.78 is 5.54. The van der Waals surface area contributed by atoms with Crippen LogP contribution in [0.4, 0.5) is 0 Å². The van der Waals surface area contributed by atoms with Gasteiger partial charge in [-0.1, -0.05) is 17.7 Å². The number of rotatable bonds is 4. The number of nitrogens with zero attached hydrogens (tertiary/aromatic N) is 2.